The molecule has 11 heteroatoms. The Morgan fingerprint density at radius 1 is 1.08 bits per heavy atom. The summed E-state index contributed by atoms with van der Waals surface area (Å²) in [5.74, 6) is -2.43. The van der Waals surface area contributed by atoms with E-state index in [0.717, 1.165) is 49.7 Å². The Labute approximate surface area is 295 Å². The van der Waals surface area contributed by atoms with Gasteiger partial charge in [-0.05, 0) is 49.1 Å². The van der Waals surface area contributed by atoms with Crippen LogP contribution in [0.4, 0.5) is 0 Å². The summed E-state index contributed by atoms with van der Waals surface area (Å²) in [6.07, 6.45) is 9.13. The minimum absolute atomic E-state index is 0.00417. The Morgan fingerprint density at radius 3 is 2.43 bits per heavy atom. The van der Waals surface area contributed by atoms with Crippen molar-refractivity contribution in [2.24, 2.45) is 22.4 Å². The SMILES string of the molecule is CCC[C@H](NC(=O)[C@@H]1C[C@]2(CC(c3ccc(C)c(Cl)c3)=NO2)CN1C(=O)[C@@H](CC(=O)CC1CCCCC1)C(C)(C)C)C(=O)C(=O)NC1CC1. The van der Waals surface area contributed by atoms with Gasteiger partial charge in [0, 0.05) is 48.2 Å². The van der Waals surface area contributed by atoms with Gasteiger partial charge in [-0.15, -0.1) is 0 Å². The van der Waals surface area contributed by atoms with Gasteiger partial charge in [0.2, 0.25) is 17.6 Å². The van der Waals surface area contributed by atoms with Crippen LogP contribution in [0.2, 0.25) is 5.02 Å². The second-order valence-corrected chi connectivity index (χ2v) is 16.4. The van der Waals surface area contributed by atoms with Crippen LogP contribution in [0.5, 0.6) is 0 Å². The first-order chi connectivity index (χ1) is 23.2. The predicted molar refractivity (Wildman–Crippen MR) is 188 cm³/mol. The van der Waals surface area contributed by atoms with E-state index in [1.54, 1.807) is 0 Å². The molecule has 2 aliphatic carbocycles. The number of hydrogen-bond acceptors (Lipinski definition) is 7. The maximum atomic E-state index is 14.6. The Morgan fingerprint density at radius 2 is 1.80 bits per heavy atom. The second kappa shape index (κ2) is 15.3. The predicted octanol–water partition coefficient (Wildman–Crippen LogP) is 5.84. The highest BCUT2D eigenvalue weighted by Crippen LogP contribution is 2.42. The van der Waals surface area contributed by atoms with Gasteiger partial charge in [0.1, 0.15) is 11.8 Å². The summed E-state index contributed by atoms with van der Waals surface area (Å²) < 4.78 is 0. The van der Waals surface area contributed by atoms with Crippen LogP contribution in [0.1, 0.15) is 122 Å². The summed E-state index contributed by atoms with van der Waals surface area (Å²) in [7, 11) is 0. The lowest BCUT2D eigenvalue weighted by Crippen LogP contribution is -2.54. The van der Waals surface area contributed by atoms with E-state index in [9.17, 15) is 24.0 Å². The molecule has 2 saturated carbocycles. The maximum absolute atomic E-state index is 14.6. The summed E-state index contributed by atoms with van der Waals surface area (Å²) in [6.45, 7) is 9.75. The van der Waals surface area contributed by atoms with Crippen molar-refractivity contribution in [3.8, 4) is 0 Å². The van der Waals surface area contributed by atoms with Gasteiger partial charge in [0.15, 0.2) is 5.60 Å². The fourth-order valence-electron chi connectivity index (χ4n) is 7.51. The number of nitrogens with zero attached hydrogens (tertiary/aromatic N) is 2. The molecule has 1 aromatic carbocycles. The number of halogens is 1. The fourth-order valence-corrected chi connectivity index (χ4v) is 7.69. The number of amides is 3. The molecule has 2 aliphatic heterocycles. The zero-order chi connectivity index (χ0) is 35.5. The molecule has 0 unspecified atom stereocenters. The average Bonchev–Trinajstić information content (AvgIpc) is 3.65. The van der Waals surface area contributed by atoms with Gasteiger partial charge < -0.3 is 20.4 Å². The van der Waals surface area contributed by atoms with Gasteiger partial charge >= 0.3 is 0 Å². The Kier molecular flexibility index (Phi) is 11.6. The number of oxime groups is 1. The summed E-state index contributed by atoms with van der Waals surface area (Å²) in [6, 6.07) is 3.66. The standard InChI is InChI=1S/C38H53ClN4O6/c1-6-10-30(33(45)35(47)40-26-15-16-26)41-34(46)32-21-38(20-31(42-49-38)25-14-13-23(2)29(39)18-25)22-43(32)36(48)28(37(3,4)5)19-27(44)17-24-11-8-7-9-12-24/h13-14,18,24,26,28,30,32H,6-12,15-17,19-22H2,1-5H3,(H,40,47)(H,41,46)/t28-,30+,32+,38-/m1/s1. The van der Waals surface area contributed by atoms with E-state index in [2.05, 4.69) is 15.8 Å². The van der Waals surface area contributed by atoms with E-state index in [4.69, 9.17) is 16.4 Å². The third-order valence-corrected chi connectivity index (χ3v) is 11.1. The molecule has 1 saturated heterocycles. The summed E-state index contributed by atoms with van der Waals surface area (Å²) in [4.78, 5) is 75.8. The molecule has 0 bridgehead atoms. The lowest BCUT2D eigenvalue weighted by molar-refractivity contribution is -0.147. The van der Waals surface area contributed by atoms with Crippen LogP contribution in [-0.2, 0) is 28.8 Å². The normalized spacial score (nSPS) is 23.8. The number of ketones is 2. The molecule has 0 aromatic heterocycles. The van der Waals surface area contributed by atoms with E-state index < -0.39 is 46.6 Å². The molecule has 3 amide bonds. The highest BCUT2D eigenvalue weighted by Gasteiger charge is 2.55. The largest absolute Gasteiger partial charge is 0.387 e. The van der Waals surface area contributed by atoms with Gasteiger partial charge in [0.05, 0.1) is 18.3 Å². The number of nitrogens with one attached hydrogen (secondary N) is 2. The summed E-state index contributed by atoms with van der Waals surface area (Å²) >= 11 is 6.42. The zero-order valence-corrected chi connectivity index (χ0v) is 30.5. The quantitative estimate of drug-likeness (QED) is 0.249. The monoisotopic (exact) mass is 696 g/mol. The zero-order valence-electron chi connectivity index (χ0n) is 29.7. The average molecular weight is 697 g/mol. The molecule has 1 spiro atoms. The number of Topliss-reactive ketones (excluding diaryl/α,β-unsaturated/α-hetero) is 2. The van der Waals surface area contributed by atoms with Crippen molar-refractivity contribution in [2.75, 3.05) is 6.54 Å². The lowest BCUT2D eigenvalue weighted by Gasteiger charge is -2.35. The van der Waals surface area contributed by atoms with E-state index in [1.165, 1.54) is 11.3 Å². The Bertz CT molecular complexity index is 1480. The van der Waals surface area contributed by atoms with Crippen molar-refractivity contribution in [3.63, 3.8) is 0 Å². The molecule has 5 rings (SSSR count). The lowest BCUT2D eigenvalue weighted by atomic mass is 9.75. The molecule has 10 nitrogen and oxygen atoms in total. The van der Waals surface area contributed by atoms with Crippen molar-refractivity contribution < 1.29 is 28.8 Å². The van der Waals surface area contributed by atoms with E-state index in [0.29, 0.717) is 35.9 Å². The van der Waals surface area contributed by atoms with Crippen LogP contribution in [-0.4, -0.2) is 70.2 Å². The summed E-state index contributed by atoms with van der Waals surface area (Å²) in [5, 5.41) is 10.6. The fraction of sp³-hybridized carbons (Fsp3) is 0.684. The Hall–Kier alpha value is -3.27. The number of aryl methyl sites for hydroxylation is 1. The summed E-state index contributed by atoms with van der Waals surface area (Å²) in [5.41, 5.74) is 0.860. The Balaban J connectivity index is 1.39. The number of carbonyl (C=O) groups excluding carboxylic acids is 5. The van der Waals surface area contributed by atoms with Crippen molar-refractivity contribution >= 4 is 46.6 Å². The molecule has 268 valence electrons. The maximum Gasteiger partial charge on any atom is 0.289 e. The first-order valence-corrected chi connectivity index (χ1v) is 18.6. The first-order valence-electron chi connectivity index (χ1n) is 18.2. The van der Waals surface area contributed by atoms with Crippen molar-refractivity contribution in [3.05, 3.63) is 34.3 Å². The van der Waals surface area contributed by atoms with Gasteiger partial charge in [-0.3, -0.25) is 24.0 Å². The molecule has 3 fully saturated rings. The smallest absolute Gasteiger partial charge is 0.289 e. The third-order valence-electron chi connectivity index (χ3n) is 10.7. The highest BCUT2D eigenvalue weighted by molar-refractivity contribution is 6.38. The third kappa shape index (κ3) is 9.10. The molecule has 4 atom stereocenters. The molecule has 49 heavy (non-hydrogen) atoms. The number of rotatable bonds is 13. The van der Waals surface area contributed by atoms with Crippen LogP contribution >= 0.6 is 11.6 Å². The molecular weight excluding hydrogens is 644 g/mol. The molecule has 2 heterocycles. The van der Waals surface area contributed by atoms with Crippen LogP contribution in [0.15, 0.2) is 23.4 Å². The minimum atomic E-state index is -1.02. The second-order valence-electron chi connectivity index (χ2n) is 16.0. The number of hydrogen-bond donors (Lipinski definition) is 2. The number of likely N-dealkylation sites (tertiary alicyclic amines) is 1. The van der Waals surface area contributed by atoms with Crippen LogP contribution in [0.25, 0.3) is 0 Å². The molecule has 2 N–H and O–H groups in total. The minimum Gasteiger partial charge on any atom is -0.387 e. The van der Waals surface area contributed by atoms with Crippen LogP contribution in [0.3, 0.4) is 0 Å². The molecule has 4 aliphatic rings. The number of carbonyl (C=O) groups is 5. The van der Waals surface area contributed by atoms with E-state index in [1.807, 2.05) is 52.8 Å². The highest BCUT2D eigenvalue weighted by atomic mass is 35.5. The van der Waals surface area contributed by atoms with Crippen LogP contribution in [0, 0.1) is 24.2 Å². The van der Waals surface area contributed by atoms with Gasteiger partial charge in [-0.2, -0.15) is 0 Å². The van der Waals surface area contributed by atoms with Crippen molar-refractivity contribution in [1.82, 2.24) is 15.5 Å². The van der Waals surface area contributed by atoms with E-state index >= 15 is 0 Å². The van der Waals surface area contributed by atoms with Gasteiger partial charge in [-0.1, -0.05) is 95.1 Å². The van der Waals surface area contributed by atoms with Gasteiger partial charge in [-0.25, -0.2) is 0 Å². The number of benzene rings is 1. The first kappa shape index (κ1) is 37.0. The van der Waals surface area contributed by atoms with Crippen molar-refractivity contribution in [2.45, 2.75) is 142 Å². The van der Waals surface area contributed by atoms with E-state index in [-0.39, 0.29) is 43.5 Å². The molecule has 0 radical (unpaired) electrons. The molecular formula is C38H53ClN4O6. The van der Waals surface area contributed by atoms with Gasteiger partial charge in [0.25, 0.3) is 5.91 Å². The van der Waals surface area contributed by atoms with Crippen molar-refractivity contribution in [1.29, 1.82) is 0 Å². The topological polar surface area (TPSA) is 134 Å². The molecule has 1 aromatic rings. The van der Waals surface area contributed by atoms with Crippen LogP contribution < -0.4 is 10.6 Å².